The molecule has 21 heavy (non-hydrogen) atoms. The van der Waals surface area contributed by atoms with Crippen molar-refractivity contribution in [3.05, 3.63) is 40.3 Å². The van der Waals surface area contributed by atoms with Crippen LogP contribution in [0.2, 0.25) is 0 Å². The van der Waals surface area contributed by atoms with Gasteiger partial charge in [-0.3, -0.25) is 9.48 Å². The van der Waals surface area contributed by atoms with Crippen LogP contribution >= 0.6 is 11.3 Å². The Kier molecular flexibility index (Phi) is 5.95. The molecule has 1 amide bonds. The zero-order valence-electron chi connectivity index (χ0n) is 12.5. The topological polar surface area (TPSA) is 47.4 Å². The molecule has 0 aliphatic heterocycles. The van der Waals surface area contributed by atoms with Crippen LogP contribution in [0.15, 0.2) is 29.8 Å². The van der Waals surface area contributed by atoms with Gasteiger partial charge in [-0.05, 0) is 23.9 Å². The summed E-state index contributed by atoms with van der Waals surface area (Å²) >= 11 is 1.66. The van der Waals surface area contributed by atoms with Gasteiger partial charge in [-0.25, -0.2) is 0 Å². The molecule has 5 nitrogen and oxygen atoms in total. The van der Waals surface area contributed by atoms with E-state index in [4.69, 9.17) is 4.74 Å². The number of methoxy groups -OCH3 is 1. The Hall–Kier alpha value is -1.66. The smallest absolute Gasteiger partial charge is 0.272 e. The van der Waals surface area contributed by atoms with Crippen molar-refractivity contribution in [2.24, 2.45) is 0 Å². The highest BCUT2D eigenvalue weighted by atomic mass is 32.1. The normalized spacial score (nSPS) is 10.8. The first-order valence-electron chi connectivity index (χ1n) is 7.08. The van der Waals surface area contributed by atoms with Crippen LogP contribution in [-0.2, 0) is 17.8 Å². The quantitative estimate of drug-likeness (QED) is 0.753. The van der Waals surface area contributed by atoms with E-state index in [-0.39, 0.29) is 5.91 Å². The van der Waals surface area contributed by atoms with Crippen LogP contribution in [-0.4, -0.2) is 40.8 Å². The van der Waals surface area contributed by atoms with E-state index in [0.717, 1.165) is 13.0 Å². The van der Waals surface area contributed by atoms with Crippen LogP contribution in [0, 0.1) is 0 Å². The molecule has 6 heteroatoms. The van der Waals surface area contributed by atoms with Gasteiger partial charge < -0.3 is 9.64 Å². The molecular formula is C15H21N3O2S. The Morgan fingerprint density at radius 3 is 3.00 bits per heavy atom. The summed E-state index contributed by atoms with van der Waals surface area (Å²) in [6, 6.07) is 5.83. The van der Waals surface area contributed by atoms with E-state index < -0.39 is 0 Å². The summed E-state index contributed by atoms with van der Waals surface area (Å²) in [6.07, 6.45) is 2.63. The van der Waals surface area contributed by atoms with Gasteiger partial charge in [0.05, 0.1) is 13.2 Å². The number of carbonyl (C=O) groups excluding carboxylic acids is 1. The third-order valence-corrected chi connectivity index (χ3v) is 4.01. The average Bonchev–Trinajstić information content (AvgIpc) is 3.14. The van der Waals surface area contributed by atoms with Gasteiger partial charge in [0, 0.05) is 31.3 Å². The highest BCUT2D eigenvalue weighted by Crippen LogP contribution is 2.14. The van der Waals surface area contributed by atoms with Gasteiger partial charge in [0.1, 0.15) is 5.69 Å². The van der Waals surface area contributed by atoms with Crippen molar-refractivity contribution in [2.45, 2.75) is 26.4 Å². The Bertz CT molecular complexity index is 551. The molecule has 0 N–H and O–H groups in total. The minimum absolute atomic E-state index is 0.00593. The van der Waals surface area contributed by atoms with Gasteiger partial charge in [-0.2, -0.15) is 5.10 Å². The van der Waals surface area contributed by atoms with Crippen LogP contribution in [0.4, 0.5) is 0 Å². The summed E-state index contributed by atoms with van der Waals surface area (Å²) in [5.74, 6) is 0.00593. The first kappa shape index (κ1) is 15.7. The molecule has 0 aliphatic rings. The number of nitrogens with zero attached hydrogens (tertiary/aromatic N) is 3. The second-order valence-electron chi connectivity index (χ2n) is 4.74. The number of aryl methyl sites for hydroxylation is 1. The number of hydrogen-bond acceptors (Lipinski definition) is 4. The third kappa shape index (κ3) is 4.15. The lowest BCUT2D eigenvalue weighted by Gasteiger charge is -2.22. The SMILES string of the molecule is CCCn1nccc1C(=O)N(CCOC)Cc1cccs1. The lowest BCUT2D eigenvalue weighted by Crippen LogP contribution is -2.34. The molecule has 0 fully saturated rings. The summed E-state index contributed by atoms with van der Waals surface area (Å²) in [5.41, 5.74) is 0.643. The zero-order chi connectivity index (χ0) is 15.1. The molecule has 2 aromatic heterocycles. The largest absolute Gasteiger partial charge is 0.383 e. The first-order valence-corrected chi connectivity index (χ1v) is 7.96. The van der Waals surface area contributed by atoms with Crippen LogP contribution in [0.3, 0.4) is 0 Å². The van der Waals surface area contributed by atoms with Crippen molar-refractivity contribution in [2.75, 3.05) is 20.3 Å². The van der Waals surface area contributed by atoms with Crippen LogP contribution < -0.4 is 0 Å². The van der Waals surface area contributed by atoms with Crippen LogP contribution in [0.25, 0.3) is 0 Å². The fourth-order valence-corrected chi connectivity index (χ4v) is 2.83. The Morgan fingerprint density at radius 2 is 2.33 bits per heavy atom. The predicted molar refractivity (Wildman–Crippen MR) is 83.5 cm³/mol. The van der Waals surface area contributed by atoms with Crippen molar-refractivity contribution in [1.82, 2.24) is 14.7 Å². The molecule has 0 atom stereocenters. The third-order valence-electron chi connectivity index (χ3n) is 3.15. The van der Waals surface area contributed by atoms with Crippen LogP contribution in [0.5, 0.6) is 0 Å². The van der Waals surface area contributed by atoms with Crippen molar-refractivity contribution in [3.63, 3.8) is 0 Å². The second-order valence-corrected chi connectivity index (χ2v) is 5.77. The average molecular weight is 307 g/mol. The lowest BCUT2D eigenvalue weighted by molar-refractivity contribution is 0.0670. The summed E-state index contributed by atoms with van der Waals surface area (Å²) in [4.78, 5) is 15.7. The number of amides is 1. The van der Waals surface area contributed by atoms with Crippen molar-refractivity contribution < 1.29 is 9.53 Å². The summed E-state index contributed by atoms with van der Waals surface area (Å²) in [7, 11) is 1.65. The molecule has 2 heterocycles. The number of rotatable bonds is 8. The molecule has 2 aromatic rings. The van der Waals surface area contributed by atoms with E-state index in [0.29, 0.717) is 25.4 Å². The number of thiophene rings is 1. The Morgan fingerprint density at radius 1 is 1.48 bits per heavy atom. The molecule has 0 radical (unpaired) electrons. The molecule has 0 bridgehead atoms. The number of aromatic nitrogens is 2. The highest BCUT2D eigenvalue weighted by Gasteiger charge is 2.20. The minimum atomic E-state index is 0.00593. The van der Waals surface area contributed by atoms with Gasteiger partial charge >= 0.3 is 0 Å². The van der Waals surface area contributed by atoms with Gasteiger partial charge in [0.15, 0.2) is 0 Å². The standard InChI is InChI=1S/C15H21N3O2S/c1-3-8-18-14(6-7-16-18)15(19)17(9-10-20-2)12-13-5-4-11-21-13/h4-7,11H,3,8-10,12H2,1-2H3. The first-order chi connectivity index (χ1) is 10.3. The number of ether oxygens (including phenoxy) is 1. The second kappa shape index (κ2) is 7.95. The summed E-state index contributed by atoms with van der Waals surface area (Å²) < 4.78 is 6.90. The highest BCUT2D eigenvalue weighted by molar-refractivity contribution is 7.09. The minimum Gasteiger partial charge on any atom is -0.383 e. The molecular weight excluding hydrogens is 286 g/mol. The van der Waals surface area contributed by atoms with E-state index >= 15 is 0 Å². The number of carbonyl (C=O) groups is 1. The molecule has 2 rings (SSSR count). The maximum atomic E-state index is 12.7. The molecule has 0 saturated carbocycles. The Balaban J connectivity index is 2.14. The van der Waals surface area contributed by atoms with E-state index in [1.807, 2.05) is 22.4 Å². The lowest BCUT2D eigenvalue weighted by atomic mass is 10.3. The van der Waals surface area contributed by atoms with Crippen LogP contribution in [0.1, 0.15) is 28.7 Å². The van der Waals surface area contributed by atoms with Gasteiger partial charge in [0.2, 0.25) is 0 Å². The van der Waals surface area contributed by atoms with Gasteiger partial charge in [-0.1, -0.05) is 13.0 Å². The van der Waals surface area contributed by atoms with Crippen molar-refractivity contribution in [3.8, 4) is 0 Å². The van der Waals surface area contributed by atoms with E-state index in [9.17, 15) is 4.79 Å². The van der Waals surface area contributed by atoms with E-state index in [2.05, 4.69) is 12.0 Å². The molecule has 0 spiro atoms. The van der Waals surface area contributed by atoms with E-state index in [1.165, 1.54) is 4.88 Å². The molecule has 0 aliphatic carbocycles. The Labute approximate surface area is 129 Å². The molecule has 0 unspecified atom stereocenters. The molecule has 114 valence electrons. The van der Waals surface area contributed by atoms with Gasteiger partial charge in [0.25, 0.3) is 5.91 Å². The summed E-state index contributed by atoms with van der Waals surface area (Å²) in [6.45, 7) is 4.54. The number of hydrogen-bond donors (Lipinski definition) is 0. The van der Waals surface area contributed by atoms with Crippen molar-refractivity contribution in [1.29, 1.82) is 0 Å². The van der Waals surface area contributed by atoms with E-state index in [1.54, 1.807) is 35.4 Å². The molecule has 0 saturated heterocycles. The fraction of sp³-hybridized carbons (Fsp3) is 0.467. The van der Waals surface area contributed by atoms with Gasteiger partial charge in [-0.15, -0.1) is 11.3 Å². The maximum Gasteiger partial charge on any atom is 0.272 e. The monoisotopic (exact) mass is 307 g/mol. The molecule has 0 aromatic carbocycles. The maximum absolute atomic E-state index is 12.7. The summed E-state index contributed by atoms with van der Waals surface area (Å²) in [5, 5.41) is 6.25. The zero-order valence-corrected chi connectivity index (χ0v) is 13.3. The fourth-order valence-electron chi connectivity index (χ4n) is 2.11. The van der Waals surface area contributed by atoms with Crippen molar-refractivity contribution >= 4 is 17.2 Å². The predicted octanol–water partition coefficient (Wildman–Crippen LogP) is 2.64.